The van der Waals surface area contributed by atoms with E-state index < -0.39 is 18.0 Å². The van der Waals surface area contributed by atoms with Crippen LogP contribution in [0.25, 0.3) is 0 Å². The van der Waals surface area contributed by atoms with Gasteiger partial charge in [-0.15, -0.1) is 0 Å². The smallest absolute Gasteiger partial charge is 0.342 e. The quantitative estimate of drug-likeness (QED) is 0.618. The lowest BCUT2D eigenvalue weighted by Crippen LogP contribution is -2.32. The lowest BCUT2D eigenvalue weighted by molar-refractivity contribution is -0.131. The van der Waals surface area contributed by atoms with Crippen LogP contribution < -0.4 is 4.74 Å². The molecule has 0 saturated carbocycles. The summed E-state index contributed by atoms with van der Waals surface area (Å²) < 4.78 is 21.5. The van der Waals surface area contributed by atoms with E-state index in [2.05, 4.69) is 0 Å². The first-order valence-corrected chi connectivity index (χ1v) is 6.87. The molecule has 0 aliphatic carbocycles. The van der Waals surface area contributed by atoms with Gasteiger partial charge in [0.05, 0.1) is 12.7 Å². The van der Waals surface area contributed by atoms with Crippen molar-refractivity contribution in [3.63, 3.8) is 0 Å². The predicted octanol–water partition coefficient (Wildman–Crippen LogP) is 1.32. The van der Waals surface area contributed by atoms with Gasteiger partial charge in [-0.2, -0.15) is 0 Å². The largest absolute Gasteiger partial charge is 0.453 e. The van der Waals surface area contributed by atoms with Crippen LogP contribution in [-0.2, 0) is 19.0 Å². The third-order valence-electron chi connectivity index (χ3n) is 3.54. The van der Waals surface area contributed by atoms with Crippen LogP contribution in [0, 0.1) is 0 Å². The molecule has 0 amide bonds. The Hall–Kier alpha value is -1.92. The van der Waals surface area contributed by atoms with Gasteiger partial charge in [0, 0.05) is 13.5 Å². The Morgan fingerprint density at radius 2 is 2.05 bits per heavy atom. The summed E-state index contributed by atoms with van der Waals surface area (Å²) >= 11 is 0. The highest BCUT2D eigenvalue weighted by atomic mass is 16.6. The van der Waals surface area contributed by atoms with Gasteiger partial charge < -0.3 is 18.9 Å². The number of hydrogen-bond donors (Lipinski definition) is 0. The Balaban J connectivity index is 1.72. The average Bonchev–Trinajstić information content (AvgIpc) is 3.03. The fraction of sp³-hybridized carbons (Fsp3) is 0.467. The Bertz CT molecular complexity index is 555. The highest BCUT2D eigenvalue weighted by Gasteiger charge is 2.44. The van der Waals surface area contributed by atoms with E-state index in [1.807, 2.05) is 0 Å². The highest BCUT2D eigenvalue weighted by molar-refractivity contribution is 5.93. The average molecular weight is 292 g/mol. The third kappa shape index (κ3) is 2.91. The second-order valence-electron chi connectivity index (χ2n) is 5.03. The van der Waals surface area contributed by atoms with Crippen LogP contribution in [0.5, 0.6) is 5.75 Å². The van der Waals surface area contributed by atoms with Gasteiger partial charge in [0.1, 0.15) is 17.4 Å². The van der Waals surface area contributed by atoms with E-state index in [-0.39, 0.29) is 23.5 Å². The number of carbonyl (C=O) groups excluding carboxylic acids is 2. The molecule has 1 aromatic rings. The molecule has 1 aromatic carbocycles. The van der Waals surface area contributed by atoms with Crippen molar-refractivity contribution in [3.8, 4) is 5.75 Å². The fourth-order valence-corrected chi connectivity index (χ4v) is 2.61. The van der Waals surface area contributed by atoms with Gasteiger partial charge in [-0.3, -0.25) is 4.79 Å². The van der Waals surface area contributed by atoms with Crippen molar-refractivity contribution in [2.45, 2.75) is 31.7 Å². The van der Waals surface area contributed by atoms with Crippen molar-refractivity contribution >= 4 is 11.9 Å². The Morgan fingerprint density at radius 1 is 1.24 bits per heavy atom. The van der Waals surface area contributed by atoms with Crippen molar-refractivity contribution in [1.29, 1.82) is 0 Å². The zero-order valence-corrected chi connectivity index (χ0v) is 11.6. The molecule has 6 nitrogen and oxygen atoms in total. The van der Waals surface area contributed by atoms with Crippen molar-refractivity contribution < 1.29 is 28.5 Å². The summed E-state index contributed by atoms with van der Waals surface area (Å²) in [5, 5.41) is 0. The van der Waals surface area contributed by atoms with Crippen LogP contribution in [0.1, 0.15) is 23.7 Å². The molecule has 3 rings (SSSR count). The van der Waals surface area contributed by atoms with E-state index in [4.69, 9.17) is 18.9 Å². The molecule has 2 aliphatic rings. The molecule has 0 bridgehead atoms. The Kier molecular flexibility index (Phi) is 3.90. The van der Waals surface area contributed by atoms with Crippen LogP contribution in [-0.4, -0.2) is 43.5 Å². The van der Waals surface area contributed by atoms with Gasteiger partial charge in [-0.25, -0.2) is 4.79 Å². The number of rotatable bonds is 3. The Morgan fingerprint density at radius 3 is 2.86 bits per heavy atom. The lowest BCUT2D eigenvalue weighted by Gasteiger charge is -2.17. The number of ether oxygens (including phenoxy) is 4. The summed E-state index contributed by atoms with van der Waals surface area (Å²) in [5.74, 6) is -0.840. The summed E-state index contributed by atoms with van der Waals surface area (Å²) in [6.45, 7) is 2.23. The number of carbonyl (C=O) groups is 2. The predicted molar refractivity (Wildman–Crippen MR) is 71.1 cm³/mol. The van der Waals surface area contributed by atoms with E-state index in [1.165, 1.54) is 6.92 Å². The standard InChI is InChI=1S/C15H16O6/c1-9(16)20-11-5-3-2-4-10(11)15(17)21-13-8-19-12-6-7-18-14(12)13/h2-5,12-14H,6-8H2,1H3/t12-,13-,14+/m1/s1. The summed E-state index contributed by atoms with van der Waals surface area (Å²) in [6, 6.07) is 6.48. The maximum atomic E-state index is 12.3. The molecular weight excluding hydrogens is 276 g/mol. The number of benzene rings is 1. The molecule has 0 radical (unpaired) electrons. The normalized spacial score (nSPS) is 27.2. The van der Waals surface area contributed by atoms with E-state index in [0.29, 0.717) is 13.2 Å². The van der Waals surface area contributed by atoms with Crippen LogP contribution in [0.4, 0.5) is 0 Å². The molecule has 2 heterocycles. The molecule has 2 aliphatic heterocycles. The number of fused-ring (bicyclic) bond motifs is 1. The maximum absolute atomic E-state index is 12.3. The first-order chi connectivity index (χ1) is 10.1. The summed E-state index contributed by atoms with van der Waals surface area (Å²) in [7, 11) is 0. The van der Waals surface area contributed by atoms with E-state index >= 15 is 0 Å². The summed E-state index contributed by atoms with van der Waals surface area (Å²) in [4.78, 5) is 23.3. The number of hydrogen-bond acceptors (Lipinski definition) is 6. The molecule has 0 unspecified atom stereocenters. The van der Waals surface area contributed by atoms with Crippen LogP contribution in [0.15, 0.2) is 24.3 Å². The zero-order chi connectivity index (χ0) is 14.8. The van der Waals surface area contributed by atoms with Crippen LogP contribution in [0.2, 0.25) is 0 Å². The lowest BCUT2D eigenvalue weighted by atomic mass is 10.1. The van der Waals surface area contributed by atoms with Crippen molar-refractivity contribution in [1.82, 2.24) is 0 Å². The second-order valence-corrected chi connectivity index (χ2v) is 5.03. The number of para-hydroxylation sites is 1. The monoisotopic (exact) mass is 292 g/mol. The van der Waals surface area contributed by atoms with Crippen molar-refractivity contribution in [2.24, 2.45) is 0 Å². The van der Waals surface area contributed by atoms with E-state index in [9.17, 15) is 9.59 Å². The summed E-state index contributed by atoms with van der Waals surface area (Å²) in [6.07, 6.45) is 0.208. The van der Waals surface area contributed by atoms with Crippen molar-refractivity contribution in [3.05, 3.63) is 29.8 Å². The molecule has 2 saturated heterocycles. The first kappa shape index (κ1) is 14.0. The molecule has 0 N–H and O–H groups in total. The molecule has 0 aromatic heterocycles. The van der Waals surface area contributed by atoms with Gasteiger partial charge in [-0.05, 0) is 18.6 Å². The minimum absolute atomic E-state index is 0.00603. The highest BCUT2D eigenvalue weighted by Crippen LogP contribution is 2.29. The van der Waals surface area contributed by atoms with Crippen LogP contribution >= 0.6 is 0 Å². The number of esters is 2. The van der Waals surface area contributed by atoms with Gasteiger partial charge in [-0.1, -0.05) is 12.1 Å². The van der Waals surface area contributed by atoms with Gasteiger partial charge >= 0.3 is 11.9 Å². The minimum Gasteiger partial charge on any atom is -0.453 e. The van der Waals surface area contributed by atoms with Gasteiger partial charge in [0.25, 0.3) is 0 Å². The third-order valence-corrected chi connectivity index (χ3v) is 3.54. The zero-order valence-electron chi connectivity index (χ0n) is 11.6. The van der Waals surface area contributed by atoms with E-state index in [1.54, 1.807) is 24.3 Å². The van der Waals surface area contributed by atoms with E-state index in [0.717, 1.165) is 6.42 Å². The second kappa shape index (κ2) is 5.83. The maximum Gasteiger partial charge on any atom is 0.342 e. The van der Waals surface area contributed by atoms with Crippen molar-refractivity contribution in [2.75, 3.05) is 13.2 Å². The molecule has 0 spiro atoms. The molecule has 2 fully saturated rings. The topological polar surface area (TPSA) is 71.1 Å². The summed E-state index contributed by atoms with van der Waals surface area (Å²) in [5.41, 5.74) is 0.217. The molecular formula is C15H16O6. The molecule has 21 heavy (non-hydrogen) atoms. The first-order valence-electron chi connectivity index (χ1n) is 6.87. The van der Waals surface area contributed by atoms with Gasteiger partial charge in [0.2, 0.25) is 0 Å². The Labute approximate surface area is 121 Å². The molecule has 6 heteroatoms. The van der Waals surface area contributed by atoms with Crippen LogP contribution in [0.3, 0.4) is 0 Å². The molecule has 3 atom stereocenters. The molecule has 112 valence electrons. The minimum atomic E-state index is -0.545. The SMILES string of the molecule is CC(=O)Oc1ccccc1C(=O)O[C@@H]1CO[C@@H]2CCO[C@@H]21. The fourth-order valence-electron chi connectivity index (χ4n) is 2.61. The van der Waals surface area contributed by atoms with Gasteiger partial charge in [0.15, 0.2) is 6.10 Å².